The van der Waals surface area contributed by atoms with E-state index >= 15 is 0 Å². The minimum atomic E-state index is -0.722. The van der Waals surface area contributed by atoms with Crippen molar-refractivity contribution in [1.29, 1.82) is 0 Å². The van der Waals surface area contributed by atoms with Crippen molar-refractivity contribution >= 4 is 0 Å². The van der Waals surface area contributed by atoms with Crippen LogP contribution in [-0.2, 0) is 31.2 Å². The van der Waals surface area contributed by atoms with Crippen LogP contribution < -0.4 is 24.8 Å². The summed E-state index contributed by atoms with van der Waals surface area (Å²) >= 11 is 0. The third-order valence-corrected chi connectivity index (χ3v) is 4.45. The minimum absolute atomic E-state index is 0. The Hall–Kier alpha value is 0.0143. The zero-order valence-corrected chi connectivity index (χ0v) is 20.8. The first kappa shape index (κ1) is 29.2. The van der Waals surface area contributed by atoms with E-state index < -0.39 is 5.79 Å². The van der Waals surface area contributed by atoms with Crippen LogP contribution in [0.4, 0.5) is 0 Å². The van der Waals surface area contributed by atoms with Gasteiger partial charge in [0.1, 0.15) is 0 Å². The largest absolute Gasteiger partial charge is 3.00 e. The Morgan fingerprint density at radius 2 is 1.70 bits per heavy atom. The molecule has 0 spiro atoms. The second-order valence-corrected chi connectivity index (χ2v) is 8.77. The van der Waals surface area contributed by atoms with Crippen LogP contribution in [0.15, 0.2) is 41.2 Å². The van der Waals surface area contributed by atoms with Gasteiger partial charge in [0.05, 0.1) is 6.61 Å². The molecule has 2 aliphatic rings. The minimum Gasteiger partial charge on any atom is -1.00 e. The molecule has 1 atom stereocenters. The fourth-order valence-corrected chi connectivity index (χ4v) is 3.15. The zero-order chi connectivity index (χ0) is 18.0. The summed E-state index contributed by atoms with van der Waals surface area (Å²) < 4.78 is 12.8. The Morgan fingerprint density at radius 3 is 2.15 bits per heavy atom. The van der Waals surface area contributed by atoms with Gasteiger partial charge in [-0.25, -0.2) is 6.08 Å². The summed E-state index contributed by atoms with van der Waals surface area (Å²) in [6.07, 6.45) is 14.5. The Bertz CT molecular complexity index is 592. The van der Waals surface area contributed by atoms with E-state index in [0.29, 0.717) is 6.61 Å². The van der Waals surface area contributed by atoms with E-state index in [1.165, 1.54) is 11.1 Å². The van der Waals surface area contributed by atoms with Gasteiger partial charge in [-0.15, -0.1) is 6.42 Å². The molecular formula is C22H33Cl2O2Ti. The maximum atomic E-state index is 6.43. The number of rotatable bonds is 5. The van der Waals surface area contributed by atoms with Crippen LogP contribution in [0.25, 0.3) is 0 Å². The summed E-state index contributed by atoms with van der Waals surface area (Å²) in [5, 5.41) is 0. The summed E-state index contributed by atoms with van der Waals surface area (Å²) in [5.41, 5.74) is 2.64. The smallest absolute Gasteiger partial charge is 1.00 e. The summed E-state index contributed by atoms with van der Waals surface area (Å²) in [4.78, 5) is 0. The number of hydrogen-bond donors (Lipinski definition) is 0. The molecule has 0 amide bonds. The Balaban J connectivity index is 0. The molecular weight excluding hydrogens is 415 g/mol. The van der Waals surface area contributed by atoms with Crippen molar-refractivity contribution in [2.75, 3.05) is 6.61 Å². The fraction of sp³-hybridized carbons (Fsp3) is 0.636. The molecule has 1 radical (unpaired) electrons. The Labute approximate surface area is 193 Å². The molecule has 0 saturated heterocycles. The van der Waals surface area contributed by atoms with Crippen molar-refractivity contribution in [3.8, 4) is 0 Å². The Morgan fingerprint density at radius 1 is 1.07 bits per heavy atom. The van der Waals surface area contributed by atoms with Crippen LogP contribution in [-0.4, -0.2) is 12.4 Å². The standard InChI is InChI=1S/C22H33O2.2ClH.Ti/c1-8-15-23-22(24-18-11-9-10-12-18)14-13-17(20(2,3)4)16-19(22)21(5,6)7;;;/h9,11,13,16H,8,10,14-15H2,1-7H3;2*1H;/q-1;;;+3/p-2. The molecule has 1 unspecified atom stereocenters. The molecule has 0 aromatic rings. The summed E-state index contributed by atoms with van der Waals surface area (Å²) in [6.45, 7) is 16.3. The molecule has 0 aromatic carbocycles. The van der Waals surface area contributed by atoms with E-state index in [-0.39, 0.29) is 57.4 Å². The van der Waals surface area contributed by atoms with Gasteiger partial charge in [0, 0.05) is 12.0 Å². The number of hydrogen-bond acceptors (Lipinski definition) is 2. The molecule has 0 heterocycles. The second kappa shape index (κ2) is 11.3. The van der Waals surface area contributed by atoms with Crippen LogP contribution in [0.5, 0.6) is 0 Å². The molecule has 0 N–H and O–H groups in total. The monoisotopic (exact) mass is 447 g/mol. The third kappa shape index (κ3) is 7.40. The van der Waals surface area contributed by atoms with Crippen molar-refractivity contribution in [1.82, 2.24) is 0 Å². The second-order valence-electron chi connectivity index (χ2n) is 8.77. The molecule has 0 fully saturated rings. The molecule has 27 heavy (non-hydrogen) atoms. The molecule has 2 aliphatic carbocycles. The zero-order valence-electron chi connectivity index (χ0n) is 17.7. The van der Waals surface area contributed by atoms with Gasteiger partial charge in [-0.05, 0) is 28.6 Å². The SMILES string of the molecule is CCCOC1(OC2=[C-]CC=C2)CC=C(C(C)(C)C)C=C1C(C)(C)C.[Cl-].[Cl-].[Ti+3]. The van der Waals surface area contributed by atoms with E-state index in [2.05, 4.69) is 72.8 Å². The molecule has 0 aromatic heterocycles. The molecule has 0 saturated carbocycles. The van der Waals surface area contributed by atoms with Crippen molar-refractivity contribution in [3.05, 3.63) is 47.3 Å². The third-order valence-electron chi connectivity index (χ3n) is 4.45. The van der Waals surface area contributed by atoms with Crippen LogP contribution in [0.3, 0.4) is 0 Å². The molecule has 2 rings (SSSR count). The Kier molecular flexibility index (Phi) is 12.2. The van der Waals surface area contributed by atoms with Gasteiger partial charge < -0.3 is 34.3 Å². The molecule has 151 valence electrons. The average Bonchev–Trinajstić information content (AvgIpc) is 2.96. The van der Waals surface area contributed by atoms with Crippen LogP contribution in [0.1, 0.15) is 67.7 Å². The topological polar surface area (TPSA) is 18.5 Å². The van der Waals surface area contributed by atoms with Crippen LogP contribution in [0, 0.1) is 16.9 Å². The number of allylic oxidation sites excluding steroid dienone is 5. The van der Waals surface area contributed by atoms with Gasteiger partial charge in [0.15, 0.2) is 0 Å². The number of halogens is 2. The maximum absolute atomic E-state index is 6.43. The van der Waals surface area contributed by atoms with E-state index in [4.69, 9.17) is 9.47 Å². The van der Waals surface area contributed by atoms with E-state index in [1.807, 2.05) is 6.08 Å². The predicted molar refractivity (Wildman–Crippen MR) is 100 cm³/mol. The maximum Gasteiger partial charge on any atom is 3.00 e. The van der Waals surface area contributed by atoms with Gasteiger partial charge in [0.25, 0.3) is 0 Å². The summed E-state index contributed by atoms with van der Waals surface area (Å²) in [5.74, 6) is 0.0777. The van der Waals surface area contributed by atoms with Gasteiger partial charge in [0.2, 0.25) is 5.79 Å². The van der Waals surface area contributed by atoms with Crippen LogP contribution in [0.2, 0.25) is 0 Å². The van der Waals surface area contributed by atoms with Crippen molar-refractivity contribution < 1.29 is 56.0 Å². The van der Waals surface area contributed by atoms with Crippen molar-refractivity contribution in [2.24, 2.45) is 10.8 Å². The van der Waals surface area contributed by atoms with Gasteiger partial charge in [-0.3, -0.25) is 0 Å². The molecule has 0 bridgehead atoms. The predicted octanol–water partition coefficient (Wildman–Crippen LogP) is 0.127. The van der Waals surface area contributed by atoms with Crippen molar-refractivity contribution in [2.45, 2.75) is 73.5 Å². The first-order valence-corrected chi connectivity index (χ1v) is 9.12. The summed E-state index contributed by atoms with van der Waals surface area (Å²) in [7, 11) is 0. The van der Waals surface area contributed by atoms with Crippen molar-refractivity contribution in [3.63, 3.8) is 0 Å². The van der Waals surface area contributed by atoms with E-state index in [9.17, 15) is 0 Å². The molecule has 5 heteroatoms. The van der Waals surface area contributed by atoms with Gasteiger partial charge in [-0.1, -0.05) is 60.6 Å². The normalized spacial score (nSPS) is 21.8. The van der Waals surface area contributed by atoms with Gasteiger partial charge in [-0.2, -0.15) is 12.2 Å². The first-order chi connectivity index (χ1) is 11.1. The molecule has 2 nitrogen and oxygen atoms in total. The summed E-state index contributed by atoms with van der Waals surface area (Å²) in [6, 6.07) is 0. The molecule has 0 aliphatic heterocycles. The number of ether oxygens (including phenoxy) is 2. The first-order valence-electron chi connectivity index (χ1n) is 9.12. The fourth-order valence-electron chi connectivity index (χ4n) is 3.15. The van der Waals surface area contributed by atoms with Crippen LogP contribution >= 0.6 is 0 Å². The quantitative estimate of drug-likeness (QED) is 0.338. The van der Waals surface area contributed by atoms with Gasteiger partial charge >= 0.3 is 21.7 Å². The van der Waals surface area contributed by atoms with E-state index in [1.54, 1.807) is 0 Å². The van der Waals surface area contributed by atoms with E-state index in [0.717, 1.165) is 25.0 Å². The average molecular weight is 448 g/mol.